The number of hydrogen-bond acceptors (Lipinski definition) is 8. The Labute approximate surface area is 189 Å². The van der Waals surface area contributed by atoms with Crippen molar-refractivity contribution < 1.29 is 10.9 Å². The monoisotopic (exact) mass is 434 g/mol. The van der Waals surface area contributed by atoms with Crippen LogP contribution in [0.25, 0.3) is 0 Å². The average molecular weight is 435 g/mol. The van der Waals surface area contributed by atoms with Crippen LogP contribution in [-0.4, -0.2) is 41.1 Å². The lowest BCUT2D eigenvalue weighted by molar-refractivity contribution is 0.214. The highest BCUT2D eigenvalue weighted by Gasteiger charge is 2.20. The van der Waals surface area contributed by atoms with Gasteiger partial charge in [-0.05, 0) is 51.0 Å². The average Bonchev–Trinajstić information content (AvgIpc) is 2.73. The van der Waals surface area contributed by atoms with Crippen LogP contribution < -0.4 is 20.1 Å². The van der Waals surface area contributed by atoms with E-state index in [2.05, 4.69) is 20.1 Å². The summed E-state index contributed by atoms with van der Waals surface area (Å²) in [5.41, 5.74) is 11.0. The number of pyridine rings is 1. The molecule has 1 aliphatic heterocycles. The summed E-state index contributed by atoms with van der Waals surface area (Å²) >= 11 is 0. The van der Waals surface area contributed by atoms with Gasteiger partial charge in [-0.1, -0.05) is 0 Å². The highest BCUT2D eigenvalue weighted by atomic mass is 16.5. The molecule has 0 unspecified atom stereocenters. The third-order valence-corrected chi connectivity index (χ3v) is 5.81. The lowest BCUT2D eigenvalue weighted by Gasteiger charge is -2.31. The first-order valence-corrected chi connectivity index (χ1v) is 10.6. The van der Waals surface area contributed by atoms with Crippen LogP contribution in [0.1, 0.15) is 48.8 Å². The Morgan fingerprint density at radius 2 is 1.97 bits per heavy atom. The maximum atomic E-state index is 8.74. The van der Waals surface area contributed by atoms with E-state index in [1.54, 1.807) is 31.6 Å². The van der Waals surface area contributed by atoms with Gasteiger partial charge in [-0.2, -0.15) is 10.2 Å². The van der Waals surface area contributed by atoms with Gasteiger partial charge in [0, 0.05) is 49.2 Å². The van der Waals surface area contributed by atoms with E-state index >= 15 is 0 Å². The van der Waals surface area contributed by atoms with Crippen LogP contribution in [-0.2, 0) is 0 Å². The molecule has 8 nitrogen and oxygen atoms in total. The predicted molar refractivity (Wildman–Crippen MR) is 127 cm³/mol. The normalized spacial score (nSPS) is 13.9. The number of nitrogens with zero attached hydrogens (tertiary/aromatic N) is 4. The second kappa shape index (κ2) is 8.82. The van der Waals surface area contributed by atoms with E-state index < -0.39 is 0 Å². The molecule has 1 atom stereocenters. The number of ether oxygens (including phenoxy) is 2. The fraction of sp³-hybridized carbons (Fsp3) is 0.333. The molecule has 4 rings (SSSR count). The van der Waals surface area contributed by atoms with Crippen LogP contribution in [0.15, 0.2) is 36.7 Å². The van der Waals surface area contributed by atoms with Crippen molar-refractivity contribution in [2.24, 2.45) is 0 Å². The molecule has 0 aliphatic carbocycles. The molecule has 168 valence electrons. The number of aryl methyl sites for hydroxylation is 2. The van der Waals surface area contributed by atoms with Crippen molar-refractivity contribution in [1.29, 1.82) is 5.41 Å². The van der Waals surface area contributed by atoms with Gasteiger partial charge in [0.15, 0.2) is 11.5 Å². The second-order valence-corrected chi connectivity index (χ2v) is 8.00. The maximum Gasteiger partial charge on any atom is 0.162 e. The number of benzene rings is 1. The molecule has 1 aliphatic rings. The second-order valence-electron chi connectivity index (χ2n) is 8.00. The standard InChI is InChI=1S/C24H28N6O2.H2/c1-14-12-28-29-15(2)23(14)16(3)32-21-10-18(19(25)11-20(21)31-4)24(26)17-6-7-22(27-13-17)30-8-5-9-30;/h6-7,10-13,16,26H,5,8-9,25H2,1-4H3;1H/t16-;/m1./s1. The molecule has 0 amide bonds. The lowest BCUT2D eigenvalue weighted by atomic mass is 10.0. The SMILES string of the molecule is COc1cc(N)c(C(=N)c2ccc(N3CCC3)nc2)cc1O[C@H](C)c1c(C)cnnc1C.[HH]. The van der Waals surface area contributed by atoms with Crippen molar-refractivity contribution in [2.45, 2.75) is 33.3 Å². The minimum absolute atomic E-state index is 0. The van der Waals surface area contributed by atoms with Gasteiger partial charge in [-0.3, -0.25) is 5.41 Å². The van der Waals surface area contributed by atoms with Crippen LogP contribution in [0.2, 0.25) is 0 Å². The third kappa shape index (κ3) is 4.08. The number of hydrogen-bond donors (Lipinski definition) is 2. The summed E-state index contributed by atoms with van der Waals surface area (Å²) in [4.78, 5) is 6.72. The van der Waals surface area contributed by atoms with Crippen molar-refractivity contribution in [2.75, 3.05) is 30.8 Å². The number of aromatic nitrogens is 3. The van der Waals surface area contributed by atoms with Crippen molar-refractivity contribution >= 4 is 17.2 Å². The molecule has 1 aromatic carbocycles. The summed E-state index contributed by atoms with van der Waals surface area (Å²) in [6, 6.07) is 7.31. The smallest absolute Gasteiger partial charge is 0.162 e. The summed E-state index contributed by atoms with van der Waals surface area (Å²) in [5.74, 6) is 1.95. The Kier molecular flexibility index (Phi) is 5.94. The highest BCUT2D eigenvalue weighted by Crippen LogP contribution is 2.37. The van der Waals surface area contributed by atoms with Crippen LogP contribution >= 0.6 is 0 Å². The molecule has 0 spiro atoms. The van der Waals surface area contributed by atoms with E-state index in [0.717, 1.165) is 35.7 Å². The zero-order valence-electron chi connectivity index (χ0n) is 18.8. The topological polar surface area (TPSA) is 110 Å². The molecular formula is C24H30N6O2. The van der Waals surface area contributed by atoms with E-state index in [4.69, 9.17) is 20.6 Å². The van der Waals surface area contributed by atoms with Crippen molar-refractivity contribution in [3.05, 3.63) is 64.6 Å². The van der Waals surface area contributed by atoms with E-state index in [1.807, 2.05) is 32.9 Å². The third-order valence-electron chi connectivity index (χ3n) is 5.81. The number of nitrogens with two attached hydrogens (primary N) is 1. The van der Waals surface area contributed by atoms with Gasteiger partial charge in [-0.15, -0.1) is 0 Å². The van der Waals surface area contributed by atoms with E-state index in [1.165, 1.54) is 6.42 Å². The molecule has 3 heterocycles. The van der Waals surface area contributed by atoms with E-state index in [-0.39, 0.29) is 13.2 Å². The van der Waals surface area contributed by atoms with Gasteiger partial charge in [0.05, 0.1) is 24.7 Å². The number of nitrogens with one attached hydrogen (secondary N) is 1. The first-order valence-electron chi connectivity index (χ1n) is 10.6. The Morgan fingerprint density at radius 3 is 2.56 bits per heavy atom. The van der Waals surface area contributed by atoms with Gasteiger partial charge in [0.1, 0.15) is 11.9 Å². The molecule has 8 heteroatoms. The molecule has 32 heavy (non-hydrogen) atoms. The van der Waals surface area contributed by atoms with Crippen molar-refractivity contribution in [3.8, 4) is 11.5 Å². The molecular weight excluding hydrogens is 404 g/mol. The fourth-order valence-electron chi connectivity index (χ4n) is 3.94. The molecule has 2 aromatic heterocycles. The fourth-order valence-corrected chi connectivity index (χ4v) is 3.94. The number of rotatable bonds is 7. The lowest BCUT2D eigenvalue weighted by Crippen LogP contribution is -2.37. The van der Waals surface area contributed by atoms with Gasteiger partial charge in [0.25, 0.3) is 0 Å². The van der Waals surface area contributed by atoms with Gasteiger partial charge in [-0.25, -0.2) is 4.98 Å². The van der Waals surface area contributed by atoms with Crippen LogP contribution in [0.4, 0.5) is 11.5 Å². The molecule has 1 saturated heterocycles. The number of anilines is 2. The van der Waals surface area contributed by atoms with Crippen LogP contribution in [0.5, 0.6) is 11.5 Å². The van der Waals surface area contributed by atoms with Crippen molar-refractivity contribution in [3.63, 3.8) is 0 Å². The Hall–Kier alpha value is -3.68. The quantitative estimate of drug-likeness (QED) is 0.426. The predicted octanol–water partition coefficient (Wildman–Crippen LogP) is 4.09. The number of nitrogen functional groups attached to an aromatic ring is 1. The Balaban J connectivity index is 0.00000306. The summed E-state index contributed by atoms with van der Waals surface area (Å²) < 4.78 is 11.8. The Bertz CT molecular complexity index is 1130. The van der Waals surface area contributed by atoms with Gasteiger partial charge < -0.3 is 20.1 Å². The minimum Gasteiger partial charge on any atom is -0.493 e. The van der Waals surface area contributed by atoms with Gasteiger partial charge in [0.2, 0.25) is 0 Å². The molecule has 0 bridgehead atoms. The minimum atomic E-state index is -0.289. The maximum absolute atomic E-state index is 8.74. The molecule has 1 fully saturated rings. The molecule has 0 radical (unpaired) electrons. The van der Waals surface area contributed by atoms with Crippen LogP contribution in [0, 0.1) is 19.3 Å². The number of methoxy groups -OCH3 is 1. The van der Waals surface area contributed by atoms with Gasteiger partial charge >= 0.3 is 0 Å². The largest absolute Gasteiger partial charge is 0.493 e. The highest BCUT2D eigenvalue weighted by molar-refractivity contribution is 6.14. The summed E-state index contributed by atoms with van der Waals surface area (Å²) in [6.45, 7) is 7.90. The van der Waals surface area contributed by atoms with E-state index in [9.17, 15) is 0 Å². The molecule has 0 saturated carbocycles. The van der Waals surface area contributed by atoms with E-state index in [0.29, 0.717) is 28.3 Å². The molecule has 3 N–H and O–H groups in total. The zero-order chi connectivity index (χ0) is 22.8. The molecule has 3 aromatic rings. The summed E-state index contributed by atoms with van der Waals surface area (Å²) in [5, 5.41) is 16.9. The van der Waals surface area contributed by atoms with Crippen LogP contribution in [0.3, 0.4) is 0 Å². The first kappa shape index (κ1) is 21.5. The zero-order valence-corrected chi connectivity index (χ0v) is 18.8. The Morgan fingerprint density at radius 1 is 1.19 bits per heavy atom. The summed E-state index contributed by atoms with van der Waals surface area (Å²) in [7, 11) is 1.57. The summed E-state index contributed by atoms with van der Waals surface area (Å²) in [6.07, 6.45) is 4.35. The van der Waals surface area contributed by atoms with Crippen molar-refractivity contribution in [1.82, 2.24) is 15.2 Å². The first-order chi connectivity index (χ1) is 15.4.